The molecule has 88 valence electrons. The minimum absolute atomic E-state index is 0.0919. The predicted octanol–water partition coefficient (Wildman–Crippen LogP) is 2.42. The first-order chi connectivity index (χ1) is 8.18. The average molecular weight is 247 g/mol. The highest BCUT2D eigenvalue weighted by atomic mass is 32.1. The Morgan fingerprint density at radius 1 is 1.53 bits per heavy atom. The van der Waals surface area contributed by atoms with E-state index >= 15 is 0 Å². The molecular weight excluding hydrogens is 234 g/mol. The van der Waals surface area contributed by atoms with Gasteiger partial charge in [-0.1, -0.05) is 0 Å². The lowest BCUT2D eigenvalue weighted by atomic mass is 10.1. The topological polar surface area (TPSA) is 68.0 Å². The summed E-state index contributed by atoms with van der Waals surface area (Å²) in [4.78, 5) is 15.4. The van der Waals surface area contributed by atoms with Crippen LogP contribution in [0.15, 0.2) is 35.2 Å². The molecule has 2 heterocycles. The SMILES string of the molecule is CC(Nc1ncccc1C(N)=O)c1ccsc1. The number of nitrogens with two attached hydrogens (primary N) is 1. The second-order valence-electron chi connectivity index (χ2n) is 3.69. The molecule has 1 unspecified atom stereocenters. The highest BCUT2D eigenvalue weighted by Crippen LogP contribution is 2.21. The van der Waals surface area contributed by atoms with Crippen molar-refractivity contribution in [2.75, 3.05) is 5.32 Å². The number of carbonyl (C=O) groups is 1. The summed E-state index contributed by atoms with van der Waals surface area (Å²) in [6.07, 6.45) is 1.63. The molecular formula is C12H13N3OS. The molecule has 0 aliphatic heterocycles. The van der Waals surface area contributed by atoms with E-state index in [1.54, 1.807) is 29.7 Å². The minimum Gasteiger partial charge on any atom is -0.365 e. The van der Waals surface area contributed by atoms with Crippen molar-refractivity contribution in [1.29, 1.82) is 0 Å². The number of hydrogen-bond acceptors (Lipinski definition) is 4. The fourth-order valence-electron chi connectivity index (χ4n) is 1.53. The normalized spacial score (nSPS) is 12.1. The molecule has 0 saturated carbocycles. The number of pyridine rings is 1. The standard InChI is InChI=1S/C12H13N3OS/c1-8(9-4-6-17-7-9)15-12-10(11(13)16)3-2-5-14-12/h2-8H,1H3,(H2,13,16)(H,14,15). The maximum absolute atomic E-state index is 11.2. The lowest BCUT2D eigenvalue weighted by Gasteiger charge is -2.14. The predicted molar refractivity (Wildman–Crippen MR) is 69.1 cm³/mol. The van der Waals surface area contributed by atoms with Crippen LogP contribution < -0.4 is 11.1 Å². The number of nitrogens with one attached hydrogen (secondary N) is 1. The fourth-order valence-corrected chi connectivity index (χ4v) is 2.28. The molecule has 0 bridgehead atoms. The van der Waals surface area contributed by atoms with Crippen LogP contribution in [0.4, 0.5) is 5.82 Å². The Morgan fingerprint density at radius 2 is 2.35 bits per heavy atom. The van der Waals surface area contributed by atoms with Gasteiger partial charge in [-0.25, -0.2) is 4.98 Å². The molecule has 2 aromatic heterocycles. The van der Waals surface area contributed by atoms with Gasteiger partial charge in [-0.05, 0) is 41.4 Å². The molecule has 17 heavy (non-hydrogen) atoms. The number of anilines is 1. The molecule has 5 heteroatoms. The van der Waals surface area contributed by atoms with Gasteiger partial charge in [-0.2, -0.15) is 11.3 Å². The molecule has 0 saturated heterocycles. The van der Waals surface area contributed by atoms with Gasteiger partial charge in [0, 0.05) is 6.20 Å². The summed E-state index contributed by atoms with van der Waals surface area (Å²) in [5, 5.41) is 7.26. The molecule has 0 aromatic carbocycles. The Morgan fingerprint density at radius 3 is 3.00 bits per heavy atom. The maximum atomic E-state index is 11.2. The Kier molecular flexibility index (Phi) is 3.39. The van der Waals surface area contributed by atoms with Crippen LogP contribution >= 0.6 is 11.3 Å². The number of aromatic nitrogens is 1. The van der Waals surface area contributed by atoms with Crippen molar-refractivity contribution in [3.63, 3.8) is 0 Å². The number of carbonyl (C=O) groups excluding carboxylic acids is 1. The summed E-state index contributed by atoms with van der Waals surface area (Å²) in [5.74, 6) is 0.0526. The third kappa shape index (κ3) is 2.62. The molecule has 1 amide bonds. The van der Waals surface area contributed by atoms with Crippen molar-refractivity contribution < 1.29 is 4.79 Å². The molecule has 2 aromatic rings. The van der Waals surface area contributed by atoms with Gasteiger partial charge >= 0.3 is 0 Å². The van der Waals surface area contributed by atoms with Crippen LogP contribution in [-0.4, -0.2) is 10.9 Å². The number of nitrogens with zero attached hydrogens (tertiary/aromatic N) is 1. The second kappa shape index (κ2) is 4.97. The number of primary amides is 1. The Hall–Kier alpha value is -1.88. The third-order valence-corrected chi connectivity index (χ3v) is 3.17. The highest BCUT2D eigenvalue weighted by Gasteiger charge is 2.12. The van der Waals surface area contributed by atoms with Gasteiger partial charge < -0.3 is 11.1 Å². The van der Waals surface area contributed by atoms with Crippen molar-refractivity contribution >= 4 is 23.1 Å². The molecule has 0 aliphatic carbocycles. The molecule has 0 spiro atoms. The van der Waals surface area contributed by atoms with Crippen molar-refractivity contribution in [2.45, 2.75) is 13.0 Å². The van der Waals surface area contributed by atoms with Crippen LogP contribution in [0.2, 0.25) is 0 Å². The largest absolute Gasteiger partial charge is 0.365 e. The van der Waals surface area contributed by atoms with Crippen molar-refractivity contribution in [3.8, 4) is 0 Å². The van der Waals surface area contributed by atoms with E-state index in [1.165, 1.54) is 0 Å². The van der Waals surface area contributed by atoms with E-state index in [1.807, 2.05) is 18.4 Å². The molecule has 3 N–H and O–H groups in total. The summed E-state index contributed by atoms with van der Waals surface area (Å²) in [6.45, 7) is 2.02. The van der Waals surface area contributed by atoms with E-state index in [-0.39, 0.29) is 6.04 Å². The van der Waals surface area contributed by atoms with E-state index in [0.717, 1.165) is 5.56 Å². The first kappa shape index (κ1) is 11.6. The number of thiophene rings is 1. The van der Waals surface area contributed by atoms with Crippen LogP contribution in [0.5, 0.6) is 0 Å². The average Bonchev–Trinajstić information content (AvgIpc) is 2.83. The third-order valence-electron chi connectivity index (χ3n) is 2.47. The summed E-state index contributed by atoms with van der Waals surface area (Å²) >= 11 is 1.64. The van der Waals surface area contributed by atoms with E-state index in [2.05, 4.69) is 15.7 Å². The molecule has 0 radical (unpaired) electrons. The number of rotatable bonds is 4. The van der Waals surface area contributed by atoms with Crippen molar-refractivity contribution in [2.24, 2.45) is 5.73 Å². The molecule has 0 fully saturated rings. The van der Waals surface area contributed by atoms with Crippen LogP contribution in [0, 0.1) is 0 Å². The Balaban J connectivity index is 2.21. The number of hydrogen-bond donors (Lipinski definition) is 2. The zero-order chi connectivity index (χ0) is 12.3. The van der Waals surface area contributed by atoms with Gasteiger partial charge in [0.05, 0.1) is 11.6 Å². The Bertz CT molecular complexity index is 510. The van der Waals surface area contributed by atoms with Crippen molar-refractivity contribution in [3.05, 3.63) is 46.3 Å². The lowest BCUT2D eigenvalue weighted by molar-refractivity contribution is 0.100. The zero-order valence-corrected chi connectivity index (χ0v) is 10.2. The van der Waals surface area contributed by atoms with E-state index in [0.29, 0.717) is 11.4 Å². The first-order valence-corrected chi connectivity index (χ1v) is 6.16. The monoisotopic (exact) mass is 247 g/mol. The smallest absolute Gasteiger partial charge is 0.252 e. The molecule has 0 aliphatic rings. The zero-order valence-electron chi connectivity index (χ0n) is 9.38. The molecule has 1 atom stereocenters. The highest BCUT2D eigenvalue weighted by molar-refractivity contribution is 7.07. The van der Waals surface area contributed by atoms with Gasteiger partial charge in [0.15, 0.2) is 0 Å². The van der Waals surface area contributed by atoms with E-state index in [4.69, 9.17) is 5.73 Å². The first-order valence-electron chi connectivity index (χ1n) is 5.22. The van der Waals surface area contributed by atoms with E-state index in [9.17, 15) is 4.79 Å². The Labute approximate surface area is 103 Å². The quantitative estimate of drug-likeness (QED) is 0.871. The molecule has 2 rings (SSSR count). The van der Waals surface area contributed by atoms with Crippen LogP contribution in [0.1, 0.15) is 28.9 Å². The molecule has 4 nitrogen and oxygen atoms in total. The van der Waals surface area contributed by atoms with Gasteiger partial charge in [-0.3, -0.25) is 4.79 Å². The summed E-state index contributed by atoms with van der Waals surface area (Å²) in [7, 11) is 0. The summed E-state index contributed by atoms with van der Waals surface area (Å²) in [6, 6.07) is 5.49. The minimum atomic E-state index is -0.474. The van der Waals surface area contributed by atoms with Gasteiger partial charge in [0.25, 0.3) is 5.91 Å². The van der Waals surface area contributed by atoms with Gasteiger partial charge in [-0.15, -0.1) is 0 Å². The maximum Gasteiger partial charge on any atom is 0.252 e. The van der Waals surface area contributed by atoms with Crippen LogP contribution in [0.25, 0.3) is 0 Å². The van der Waals surface area contributed by atoms with Gasteiger partial charge in [0.1, 0.15) is 5.82 Å². The fraction of sp³-hybridized carbons (Fsp3) is 0.167. The van der Waals surface area contributed by atoms with E-state index < -0.39 is 5.91 Å². The lowest BCUT2D eigenvalue weighted by Crippen LogP contribution is -2.16. The summed E-state index contributed by atoms with van der Waals surface area (Å²) in [5.41, 5.74) is 6.87. The van der Waals surface area contributed by atoms with Crippen LogP contribution in [-0.2, 0) is 0 Å². The summed E-state index contributed by atoms with van der Waals surface area (Å²) < 4.78 is 0. The second-order valence-corrected chi connectivity index (χ2v) is 4.47. The number of amides is 1. The van der Waals surface area contributed by atoms with Gasteiger partial charge in [0.2, 0.25) is 0 Å². The van der Waals surface area contributed by atoms with Crippen molar-refractivity contribution in [1.82, 2.24) is 4.98 Å². The van der Waals surface area contributed by atoms with Crippen LogP contribution in [0.3, 0.4) is 0 Å².